The van der Waals surface area contributed by atoms with Gasteiger partial charge in [0.15, 0.2) is 24.2 Å². The van der Waals surface area contributed by atoms with Crippen molar-refractivity contribution in [1.82, 2.24) is 15.2 Å². The lowest BCUT2D eigenvalue weighted by Gasteiger charge is -2.49. The summed E-state index contributed by atoms with van der Waals surface area (Å²) in [6.07, 6.45) is 0. The zero-order valence-corrected chi connectivity index (χ0v) is 21.5. The molecule has 17 heteroatoms. The van der Waals surface area contributed by atoms with Gasteiger partial charge in [-0.2, -0.15) is 0 Å². The van der Waals surface area contributed by atoms with E-state index in [0.29, 0.717) is 5.57 Å². The first-order chi connectivity index (χ1) is 17.7. The number of aromatic nitrogens is 1. The Morgan fingerprint density at radius 2 is 2.00 bits per heavy atom. The van der Waals surface area contributed by atoms with Crippen molar-refractivity contribution in [3.8, 4) is 0 Å². The van der Waals surface area contributed by atoms with E-state index in [0.717, 1.165) is 16.2 Å². The van der Waals surface area contributed by atoms with Crippen LogP contribution in [-0.2, 0) is 47.8 Å². The first-order valence-electron chi connectivity index (χ1n) is 10.4. The number of methoxy groups -OCH3 is 1. The predicted octanol–water partition coefficient (Wildman–Crippen LogP) is -1.02. The molecular formula is C20H23N5O10S2. The standard InChI is InChI=1S/C20H23N5O10S2/c1-9(26)33-4-10-6-36-18-14(23-16(28)13(24-32-3)11-7-37-20(21)22-11)17(29)25(18)15(10)19(30)34-5-12(27)35-8-31-2/h7,14,18H,4-6,8H2,1-3H3,(H2,21,22)(H,23,28)/t14-,18-/m1/s1. The van der Waals surface area contributed by atoms with E-state index in [2.05, 4.69) is 24.9 Å². The fourth-order valence-corrected chi connectivity index (χ4v) is 5.11. The fourth-order valence-electron chi connectivity index (χ4n) is 3.23. The number of carbonyl (C=O) groups excluding carboxylic acids is 5. The maximum absolute atomic E-state index is 13.1. The highest BCUT2D eigenvalue weighted by atomic mass is 32.2. The van der Waals surface area contributed by atoms with Gasteiger partial charge in [0, 0.05) is 30.7 Å². The largest absolute Gasteiger partial charge is 0.461 e. The summed E-state index contributed by atoms with van der Waals surface area (Å²) < 4.78 is 19.3. The Labute approximate surface area is 218 Å². The number of hydrogen-bond donors (Lipinski definition) is 2. The third-order valence-corrected chi connectivity index (χ3v) is 6.81. The van der Waals surface area contributed by atoms with Crippen LogP contribution in [0.25, 0.3) is 0 Å². The van der Waals surface area contributed by atoms with Crippen LogP contribution in [0.1, 0.15) is 12.6 Å². The normalized spacial score (nSPS) is 18.9. The van der Waals surface area contributed by atoms with Crippen molar-refractivity contribution in [2.24, 2.45) is 5.16 Å². The zero-order chi connectivity index (χ0) is 27.1. The molecule has 0 bridgehead atoms. The molecule has 2 atom stereocenters. The van der Waals surface area contributed by atoms with E-state index >= 15 is 0 Å². The lowest BCUT2D eigenvalue weighted by molar-refractivity contribution is -0.165. The highest BCUT2D eigenvalue weighted by Gasteiger charge is 2.55. The molecule has 0 saturated carbocycles. The predicted molar refractivity (Wildman–Crippen MR) is 128 cm³/mol. The highest BCUT2D eigenvalue weighted by Crippen LogP contribution is 2.40. The fraction of sp³-hybridized carbons (Fsp3) is 0.450. The number of carbonyl (C=O) groups is 5. The lowest BCUT2D eigenvalue weighted by atomic mass is 10.0. The Balaban J connectivity index is 1.77. The van der Waals surface area contributed by atoms with Crippen LogP contribution in [0.2, 0.25) is 0 Å². The molecule has 1 aromatic heterocycles. The number of thiazole rings is 1. The molecule has 0 spiro atoms. The molecule has 0 aliphatic carbocycles. The van der Waals surface area contributed by atoms with Gasteiger partial charge in [-0.15, -0.1) is 23.1 Å². The lowest BCUT2D eigenvalue weighted by Crippen LogP contribution is -2.71. The number of anilines is 1. The van der Waals surface area contributed by atoms with Crippen molar-refractivity contribution in [1.29, 1.82) is 0 Å². The number of oxime groups is 1. The first kappa shape index (κ1) is 27.9. The van der Waals surface area contributed by atoms with E-state index in [9.17, 15) is 24.0 Å². The van der Waals surface area contributed by atoms with E-state index in [4.69, 9.17) is 20.0 Å². The van der Waals surface area contributed by atoms with Crippen LogP contribution < -0.4 is 11.1 Å². The maximum atomic E-state index is 13.1. The number of β-lactam (4-membered cyclic amide) rings is 1. The molecule has 1 aromatic rings. The van der Waals surface area contributed by atoms with Crippen molar-refractivity contribution < 1.29 is 47.8 Å². The average Bonchev–Trinajstić information content (AvgIpc) is 3.31. The molecule has 0 unspecified atom stereocenters. The van der Waals surface area contributed by atoms with Gasteiger partial charge < -0.3 is 34.8 Å². The second-order valence-electron chi connectivity index (χ2n) is 7.29. The molecule has 3 heterocycles. The molecule has 0 radical (unpaired) electrons. The van der Waals surface area contributed by atoms with E-state index < -0.39 is 47.7 Å². The van der Waals surface area contributed by atoms with Crippen molar-refractivity contribution in [2.75, 3.05) is 45.7 Å². The van der Waals surface area contributed by atoms with Gasteiger partial charge >= 0.3 is 17.9 Å². The summed E-state index contributed by atoms with van der Waals surface area (Å²) in [6, 6.07) is -1.03. The topological polar surface area (TPSA) is 198 Å². The van der Waals surface area contributed by atoms with Gasteiger partial charge in [0.2, 0.25) is 0 Å². The van der Waals surface area contributed by atoms with Crippen LogP contribution in [0.3, 0.4) is 0 Å². The van der Waals surface area contributed by atoms with E-state index in [1.54, 1.807) is 0 Å². The molecule has 2 amide bonds. The van der Waals surface area contributed by atoms with Crippen molar-refractivity contribution in [2.45, 2.75) is 18.3 Å². The van der Waals surface area contributed by atoms with Crippen LogP contribution in [0, 0.1) is 0 Å². The second-order valence-corrected chi connectivity index (χ2v) is 9.28. The summed E-state index contributed by atoms with van der Waals surface area (Å²) in [5, 5.41) is 7.28. The molecule has 37 heavy (non-hydrogen) atoms. The Morgan fingerprint density at radius 3 is 2.62 bits per heavy atom. The smallest absolute Gasteiger partial charge is 0.355 e. The van der Waals surface area contributed by atoms with E-state index in [1.807, 2.05) is 0 Å². The average molecular weight is 558 g/mol. The minimum absolute atomic E-state index is 0.162. The Bertz CT molecular complexity index is 1150. The molecule has 3 rings (SSSR count). The van der Waals surface area contributed by atoms with Crippen molar-refractivity contribution in [3.05, 3.63) is 22.3 Å². The summed E-state index contributed by atoms with van der Waals surface area (Å²) in [5.41, 5.74) is 5.71. The van der Waals surface area contributed by atoms with Crippen LogP contribution in [-0.4, -0.2) is 96.7 Å². The number of thioether (sulfide) groups is 1. The number of nitrogens with zero attached hydrogens (tertiary/aromatic N) is 3. The third kappa shape index (κ3) is 6.55. The minimum atomic E-state index is -1.03. The number of amides is 2. The zero-order valence-electron chi connectivity index (χ0n) is 19.9. The number of fused-ring (bicyclic) bond motifs is 1. The summed E-state index contributed by atoms with van der Waals surface area (Å²) >= 11 is 2.32. The third-order valence-electron chi connectivity index (χ3n) is 4.80. The van der Waals surface area contributed by atoms with Crippen molar-refractivity contribution >= 4 is 63.7 Å². The molecule has 0 aromatic carbocycles. The maximum Gasteiger partial charge on any atom is 0.355 e. The van der Waals surface area contributed by atoms with E-state index in [1.165, 1.54) is 38.3 Å². The summed E-state index contributed by atoms with van der Waals surface area (Å²) in [7, 11) is 2.56. The highest BCUT2D eigenvalue weighted by molar-refractivity contribution is 8.00. The molecular weight excluding hydrogens is 534 g/mol. The number of hydrogen-bond acceptors (Lipinski definition) is 15. The molecule has 15 nitrogen and oxygen atoms in total. The van der Waals surface area contributed by atoms with E-state index in [-0.39, 0.29) is 41.4 Å². The van der Waals surface area contributed by atoms with Gasteiger partial charge in [0.1, 0.15) is 36.5 Å². The molecule has 2 aliphatic rings. The molecule has 200 valence electrons. The summed E-state index contributed by atoms with van der Waals surface area (Å²) in [6.45, 7) is -0.146. The van der Waals surface area contributed by atoms with Gasteiger partial charge in [-0.3, -0.25) is 19.3 Å². The Kier molecular flexibility index (Phi) is 9.42. The number of nitrogens with two attached hydrogens (primary N) is 1. The first-order valence-corrected chi connectivity index (χ1v) is 12.4. The number of ether oxygens (including phenoxy) is 4. The number of esters is 3. The molecule has 1 fully saturated rings. The monoisotopic (exact) mass is 557 g/mol. The Hall–Kier alpha value is -3.70. The van der Waals surface area contributed by atoms with Gasteiger partial charge in [-0.25, -0.2) is 14.6 Å². The Morgan fingerprint density at radius 1 is 1.24 bits per heavy atom. The van der Waals surface area contributed by atoms with Gasteiger partial charge in [0.25, 0.3) is 11.8 Å². The van der Waals surface area contributed by atoms with Gasteiger partial charge in [0.05, 0.1) is 0 Å². The number of nitrogen functional groups attached to an aromatic ring is 1. The van der Waals surface area contributed by atoms with Crippen LogP contribution in [0.4, 0.5) is 5.13 Å². The quantitative estimate of drug-likeness (QED) is 0.0838. The van der Waals surface area contributed by atoms with Gasteiger partial charge in [-0.1, -0.05) is 5.16 Å². The number of nitrogens with one attached hydrogen (secondary N) is 1. The van der Waals surface area contributed by atoms with Gasteiger partial charge in [-0.05, 0) is 0 Å². The molecule has 2 aliphatic heterocycles. The summed E-state index contributed by atoms with van der Waals surface area (Å²) in [5.74, 6) is -3.66. The van der Waals surface area contributed by atoms with Crippen molar-refractivity contribution in [3.63, 3.8) is 0 Å². The molecule has 1 saturated heterocycles. The SMILES string of the molecule is COCOC(=O)COC(=O)C1=C(COC(C)=O)CS[C@@H]2[C@H](NC(=O)C(=NOC)c3csc(N)n3)C(=O)N12. The minimum Gasteiger partial charge on any atom is -0.461 e. The van der Waals surface area contributed by atoms with Crippen LogP contribution in [0.5, 0.6) is 0 Å². The summed E-state index contributed by atoms with van der Waals surface area (Å²) in [4.78, 5) is 71.7. The van der Waals surface area contributed by atoms with Crippen LogP contribution in [0.15, 0.2) is 21.8 Å². The second kappa shape index (κ2) is 12.5. The van der Waals surface area contributed by atoms with Crippen LogP contribution >= 0.6 is 23.1 Å². The molecule has 3 N–H and O–H groups in total. The number of rotatable bonds is 11.